The average Bonchev–Trinajstić information content (AvgIpc) is 3.30. The fourth-order valence-electron chi connectivity index (χ4n) is 3.59. The Bertz CT molecular complexity index is 1080. The highest BCUT2D eigenvalue weighted by Crippen LogP contribution is 2.26. The first-order valence-corrected chi connectivity index (χ1v) is 11.4. The summed E-state index contributed by atoms with van der Waals surface area (Å²) < 4.78 is 12.5. The van der Waals surface area contributed by atoms with Gasteiger partial charge in [0.15, 0.2) is 5.78 Å². The van der Waals surface area contributed by atoms with Crippen molar-refractivity contribution in [3.8, 4) is 11.4 Å². The lowest BCUT2D eigenvalue weighted by Crippen LogP contribution is -2.13. The minimum absolute atomic E-state index is 0.112. The Labute approximate surface area is 186 Å². The van der Waals surface area contributed by atoms with Crippen LogP contribution in [0.2, 0.25) is 0 Å². The van der Waals surface area contributed by atoms with Crippen molar-refractivity contribution in [3.05, 3.63) is 58.2 Å². The van der Waals surface area contributed by atoms with Gasteiger partial charge in [0.2, 0.25) is 11.7 Å². The number of carbonyl (C=O) groups is 2. The Morgan fingerprint density at radius 2 is 1.74 bits per heavy atom. The summed E-state index contributed by atoms with van der Waals surface area (Å²) in [5.41, 5.74) is 4.39. The second-order valence-electron chi connectivity index (χ2n) is 7.18. The van der Waals surface area contributed by atoms with Gasteiger partial charge < -0.3 is 13.8 Å². The van der Waals surface area contributed by atoms with Crippen molar-refractivity contribution in [2.45, 2.75) is 46.9 Å². The van der Waals surface area contributed by atoms with Crippen molar-refractivity contribution in [1.29, 1.82) is 0 Å². The molecule has 0 aliphatic heterocycles. The van der Waals surface area contributed by atoms with Gasteiger partial charge in [-0.2, -0.15) is 4.98 Å². The number of carbonyl (C=O) groups excluding carboxylic acids is 2. The van der Waals surface area contributed by atoms with E-state index in [4.69, 9.17) is 9.26 Å². The normalized spacial score (nSPS) is 11.0. The largest absolute Gasteiger partial charge is 0.462 e. The molecule has 0 N–H and O–H groups in total. The van der Waals surface area contributed by atoms with Crippen LogP contribution in [0.15, 0.2) is 28.8 Å². The van der Waals surface area contributed by atoms with Crippen LogP contribution in [-0.4, -0.2) is 38.8 Å². The number of rotatable bonds is 9. The Kier molecular flexibility index (Phi) is 7.33. The first-order chi connectivity index (χ1) is 14.9. The molecular weight excluding hydrogens is 414 g/mol. The smallest absolute Gasteiger partial charge is 0.340 e. The van der Waals surface area contributed by atoms with Crippen LogP contribution in [0.3, 0.4) is 0 Å². The fraction of sp³-hybridized carbons (Fsp3) is 0.391. The van der Waals surface area contributed by atoms with E-state index in [9.17, 15) is 9.59 Å². The number of thioether (sulfide) groups is 1. The Morgan fingerprint density at radius 3 is 2.39 bits per heavy atom. The lowest BCUT2D eigenvalue weighted by molar-refractivity contribution is 0.0522. The van der Waals surface area contributed by atoms with Crippen LogP contribution in [0.5, 0.6) is 0 Å². The zero-order valence-electron chi connectivity index (χ0n) is 18.5. The van der Waals surface area contributed by atoms with Gasteiger partial charge in [-0.25, -0.2) is 4.79 Å². The Balaban J connectivity index is 1.70. The van der Waals surface area contributed by atoms with Crippen molar-refractivity contribution < 1.29 is 18.8 Å². The zero-order valence-corrected chi connectivity index (χ0v) is 19.3. The summed E-state index contributed by atoms with van der Waals surface area (Å²) in [6, 6.07) is 7.88. The third kappa shape index (κ3) is 4.90. The molecule has 31 heavy (non-hydrogen) atoms. The molecule has 0 spiro atoms. The topological polar surface area (TPSA) is 87.2 Å². The van der Waals surface area contributed by atoms with Gasteiger partial charge in [-0.15, -0.1) is 11.8 Å². The van der Waals surface area contributed by atoms with Crippen molar-refractivity contribution in [2.75, 3.05) is 12.4 Å². The lowest BCUT2D eigenvalue weighted by atomic mass is 10.1. The molecule has 0 aliphatic rings. The number of hydrogen-bond donors (Lipinski definition) is 0. The van der Waals surface area contributed by atoms with Crippen molar-refractivity contribution >= 4 is 23.5 Å². The molecule has 0 saturated carbocycles. The van der Waals surface area contributed by atoms with E-state index in [0.29, 0.717) is 35.1 Å². The van der Waals surface area contributed by atoms with Crippen LogP contribution < -0.4 is 0 Å². The maximum Gasteiger partial charge on any atom is 0.340 e. The molecule has 3 rings (SSSR count). The lowest BCUT2D eigenvalue weighted by Gasteiger charge is -2.05. The number of aromatic nitrogens is 3. The van der Waals surface area contributed by atoms with Crippen LogP contribution in [0.25, 0.3) is 11.4 Å². The number of Topliss-reactive ketones (excluding diaryl/α,β-unsaturated/α-hetero) is 1. The standard InChI is InChI=1S/C23H27N3O4S/c1-6-26-15(4)20(21(16(26)5)23(28)29-7-2)18(27)12-31-13-19-24-22(25-30-19)17-10-8-14(3)9-11-17/h8-11H,6-7,12-13H2,1-5H3. The van der Waals surface area contributed by atoms with Crippen molar-refractivity contribution in [1.82, 2.24) is 14.7 Å². The fourth-order valence-corrected chi connectivity index (χ4v) is 4.31. The summed E-state index contributed by atoms with van der Waals surface area (Å²) in [5.74, 6) is 1.02. The second-order valence-corrected chi connectivity index (χ2v) is 8.16. The van der Waals surface area contributed by atoms with Gasteiger partial charge in [0.1, 0.15) is 0 Å². The van der Waals surface area contributed by atoms with E-state index < -0.39 is 5.97 Å². The quantitative estimate of drug-likeness (QED) is 0.349. The third-order valence-electron chi connectivity index (χ3n) is 5.09. The molecular formula is C23H27N3O4S. The first kappa shape index (κ1) is 22.8. The first-order valence-electron chi connectivity index (χ1n) is 10.2. The van der Waals surface area contributed by atoms with E-state index in [-0.39, 0.29) is 18.1 Å². The van der Waals surface area contributed by atoms with Gasteiger partial charge >= 0.3 is 5.97 Å². The van der Waals surface area contributed by atoms with Gasteiger partial charge in [-0.05, 0) is 34.6 Å². The molecule has 0 bridgehead atoms. The van der Waals surface area contributed by atoms with Crippen LogP contribution in [-0.2, 0) is 17.0 Å². The van der Waals surface area contributed by atoms with Crippen LogP contribution in [0, 0.1) is 20.8 Å². The summed E-state index contributed by atoms with van der Waals surface area (Å²) in [7, 11) is 0. The molecule has 7 nitrogen and oxygen atoms in total. The van der Waals surface area contributed by atoms with E-state index >= 15 is 0 Å². The minimum atomic E-state index is -0.455. The van der Waals surface area contributed by atoms with Crippen molar-refractivity contribution in [2.24, 2.45) is 0 Å². The number of hydrogen-bond acceptors (Lipinski definition) is 7. The predicted molar refractivity (Wildman–Crippen MR) is 121 cm³/mol. The molecule has 0 saturated heterocycles. The summed E-state index contributed by atoms with van der Waals surface area (Å²) >= 11 is 1.38. The maximum absolute atomic E-state index is 13.0. The SMILES string of the molecule is CCOC(=O)c1c(C(=O)CSCc2nc(-c3ccc(C)cc3)no2)c(C)n(CC)c1C. The average molecular weight is 442 g/mol. The molecule has 8 heteroatoms. The van der Waals surface area contributed by atoms with Gasteiger partial charge in [0.05, 0.1) is 29.2 Å². The van der Waals surface area contributed by atoms with Crippen molar-refractivity contribution in [3.63, 3.8) is 0 Å². The van der Waals surface area contributed by atoms with Gasteiger partial charge in [0, 0.05) is 23.5 Å². The monoisotopic (exact) mass is 441 g/mol. The molecule has 0 atom stereocenters. The minimum Gasteiger partial charge on any atom is -0.462 e. The highest BCUT2D eigenvalue weighted by atomic mass is 32.2. The second kappa shape index (κ2) is 9.96. The summed E-state index contributed by atoms with van der Waals surface area (Å²) in [6.45, 7) is 10.4. The summed E-state index contributed by atoms with van der Waals surface area (Å²) in [4.78, 5) is 29.9. The number of aryl methyl sites for hydroxylation is 1. The van der Waals surface area contributed by atoms with Gasteiger partial charge in [-0.3, -0.25) is 4.79 Å². The molecule has 0 fully saturated rings. The van der Waals surface area contributed by atoms with E-state index in [1.807, 2.05) is 56.5 Å². The molecule has 0 aliphatic carbocycles. The Hall–Kier alpha value is -2.87. The zero-order chi connectivity index (χ0) is 22.5. The molecule has 0 radical (unpaired) electrons. The van der Waals surface area contributed by atoms with Crippen LogP contribution in [0.4, 0.5) is 0 Å². The predicted octanol–water partition coefficient (Wildman–Crippen LogP) is 4.78. The number of esters is 1. The summed E-state index contributed by atoms with van der Waals surface area (Å²) in [5, 5.41) is 4.02. The van der Waals surface area contributed by atoms with Gasteiger partial charge in [0.25, 0.3) is 0 Å². The van der Waals surface area contributed by atoms with Crippen LogP contribution in [0.1, 0.15) is 57.4 Å². The van der Waals surface area contributed by atoms with E-state index in [0.717, 1.165) is 22.5 Å². The molecule has 2 heterocycles. The molecule has 0 amide bonds. The van der Waals surface area contributed by atoms with E-state index in [1.165, 1.54) is 11.8 Å². The highest BCUT2D eigenvalue weighted by molar-refractivity contribution is 7.99. The molecule has 0 unspecified atom stereocenters. The Morgan fingerprint density at radius 1 is 1.06 bits per heavy atom. The molecule has 2 aromatic heterocycles. The van der Waals surface area contributed by atoms with Gasteiger partial charge in [-0.1, -0.05) is 35.0 Å². The molecule has 3 aromatic rings. The maximum atomic E-state index is 13.0. The van der Waals surface area contributed by atoms with E-state index in [1.54, 1.807) is 6.92 Å². The number of ketones is 1. The molecule has 164 valence electrons. The van der Waals surface area contributed by atoms with Crippen LogP contribution >= 0.6 is 11.8 Å². The summed E-state index contributed by atoms with van der Waals surface area (Å²) in [6.07, 6.45) is 0. The molecule has 1 aromatic carbocycles. The van der Waals surface area contributed by atoms with E-state index in [2.05, 4.69) is 10.1 Å². The number of benzene rings is 1. The third-order valence-corrected chi connectivity index (χ3v) is 6.01. The number of nitrogens with zero attached hydrogens (tertiary/aromatic N) is 3. The number of ether oxygens (including phenoxy) is 1. The highest BCUT2D eigenvalue weighted by Gasteiger charge is 2.27.